The number of rotatable bonds is 2. The van der Waals surface area contributed by atoms with Crippen molar-refractivity contribution < 1.29 is 0 Å². The van der Waals surface area contributed by atoms with Gasteiger partial charge in [0.15, 0.2) is 16.7 Å². The van der Waals surface area contributed by atoms with Gasteiger partial charge in [0.1, 0.15) is 11.4 Å². The third kappa shape index (κ3) is 1.73. The summed E-state index contributed by atoms with van der Waals surface area (Å²) in [6.07, 6.45) is 0. The third-order valence-electron chi connectivity index (χ3n) is 1.60. The molecule has 1 aliphatic rings. The SMILES string of the molecule is [CH]1SC(c2ncsn2)=NN1c1csnn1. The summed E-state index contributed by atoms with van der Waals surface area (Å²) in [5, 5.41) is 12.5. The van der Waals surface area contributed by atoms with Gasteiger partial charge in [0.05, 0.1) is 5.38 Å². The maximum atomic E-state index is 4.32. The zero-order chi connectivity index (χ0) is 10.1. The molecule has 1 radical (unpaired) electrons. The number of hydrogen-bond acceptors (Lipinski definition) is 9. The van der Waals surface area contributed by atoms with Crippen LogP contribution in [0.15, 0.2) is 16.0 Å². The first-order chi connectivity index (χ1) is 7.43. The maximum absolute atomic E-state index is 4.32. The van der Waals surface area contributed by atoms with Gasteiger partial charge in [0.2, 0.25) is 0 Å². The first-order valence-electron chi connectivity index (χ1n) is 3.85. The first kappa shape index (κ1) is 9.19. The van der Waals surface area contributed by atoms with Crippen LogP contribution in [0.4, 0.5) is 5.82 Å². The van der Waals surface area contributed by atoms with Crippen LogP contribution >= 0.6 is 34.8 Å². The van der Waals surface area contributed by atoms with Crippen LogP contribution in [0, 0.1) is 5.88 Å². The van der Waals surface area contributed by atoms with Gasteiger partial charge in [0.25, 0.3) is 0 Å². The smallest absolute Gasteiger partial charge is 0.199 e. The molecule has 0 aliphatic carbocycles. The predicted molar refractivity (Wildman–Crippen MR) is 60.7 cm³/mol. The molecule has 6 nitrogen and oxygen atoms in total. The fraction of sp³-hybridized carbons (Fsp3) is 0. The van der Waals surface area contributed by atoms with Crippen LogP contribution in [0.3, 0.4) is 0 Å². The van der Waals surface area contributed by atoms with Crippen LogP contribution in [-0.4, -0.2) is 24.0 Å². The monoisotopic (exact) mass is 255 g/mol. The summed E-state index contributed by atoms with van der Waals surface area (Å²) in [6.45, 7) is 0. The van der Waals surface area contributed by atoms with Crippen molar-refractivity contribution >= 4 is 45.7 Å². The highest BCUT2D eigenvalue weighted by Gasteiger charge is 2.22. The molecule has 15 heavy (non-hydrogen) atoms. The molecule has 0 aromatic carbocycles. The quantitative estimate of drug-likeness (QED) is 0.808. The van der Waals surface area contributed by atoms with Gasteiger partial charge in [-0.05, 0) is 23.1 Å². The summed E-state index contributed by atoms with van der Waals surface area (Å²) >= 11 is 4.08. The largest absolute Gasteiger partial charge is 0.228 e. The fourth-order valence-corrected chi connectivity index (χ4v) is 2.58. The number of thioether (sulfide) groups is 1. The summed E-state index contributed by atoms with van der Waals surface area (Å²) in [5.41, 5.74) is 1.69. The van der Waals surface area contributed by atoms with E-state index in [2.05, 4.69) is 24.0 Å². The number of anilines is 1. The summed E-state index contributed by atoms with van der Waals surface area (Å²) in [6, 6.07) is 0. The van der Waals surface area contributed by atoms with E-state index in [0.29, 0.717) is 5.82 Å². The van der Waals surface area contributed by atoms with E-state index in [4.69, 9.17) is 0 Å². The second-order valence-corrected chi connectivity index (χ2v) is 4.54. The predicted octanol–water partition coefficient (Wildman–Crippen LogP) is 1.42. The van der Waals surface area contributed by atoms with Gasteiger partial charge >= 0.3 is 0 Å². The third-order valence-corrected chi connectivity index (χ3v) is 3.36. The van der Waals surface area contributed by atoms with Gasteiger partial charge in [-0.25, -0.2) is 9.99 Å². The second kappa shape index (κ2) is 3.83. The van der Waals surface area contributed by atoms with Gasteiger partial charge in [-0.15, -0.1) is 5.10 Å². The molecule has 2 aromatic heterocycles. The van der Waals surface area contributed by atoms with Crippen LogP contribution in [0.5, 0.6) is 0 Å². The molecule has 0 fully saturated rings. The molecule has 0 unspecified atom stereocenters. The summed E-state index contributed by atoms with van der Waals surface area (Å²) in [4.78, 5) is 4.09. The number of hydrazone groups is 1. The highest BCUT2D eigenvalue weighted by molar-refractivity contribution is 8.16. The molecule has 0 bridgehead atoms. The molecule has 0 spiro atoms. The Labute approximate surface area is 97.4 Å². The average Bonchev–Trinajstić information content (AvgIpc) is 3.02. The van der Waals surface area contributed by atoms with E-state index in [-0.39, 0.29) is 0 Å². The van der Waals surface area contributed by atoms with Gasteiger partial charge in [-0.3, -0.25) is 0 Å². The lowest BCUT2D eigenvalue weighted by Gasteiger charge is -2.04. The van der Waals surface area contributed by atoms with Crippen molar-refractivity contribution in [3.8, 4) is 0 Å². The zero-order valence-corrected chi connectivity index (χ0v) is 9.59. The summed E-state index contributed by atoms with van der Waals surface area (Å²) in [5.74, 6) is 3.23. The van der Waals surface area contributed by atoms with Crippen LogP contribution in [0.1, 0.15) is 5.82 Å². The molecule has 1 aliphatic heterocycles. The molecule has 0 saturated heterocycles. The number of nitrogens with zero attached hydrogens (tertiary/aromatic N) is 6. The van der Waals surface area contributed by atoms with Crippen LogP contribution in [0.25, 0.3) is 0 Å². The van der Waals surface area contributed by atoms with E-state index >= 15 is 0 Å². The highest BCUT2D eigenvalue weighted by atomic mass is 32.2. The Balaban J connectivity index is 1.87. The van der Waals surface area contributed by atoms with Gasteiger partial charge < -0.3 is 0 Å². The Morgan fingerprint density at radius 3 is 3.00 bits per heavy atom. The topological polar surface area (TPSA) is 67.2 Å². The molecular weight excluding hydrogens is 252 g/mol. The van der Waals surface area contributed by atoms with Crippen molar-refractivity contribution in [1.29, 1.82) is 0 Å². The number of aromatic nitrogens is 4. The average molecular weight is 255 g/mol. The van der Waals surface area contributed by atoms with Gasteiger partial charge in [0, 0.05) is 0 Å². The van der Waals surface area contributed by atoms with Crippen LogP contribution < -0.4 is 5.01 Å². The number of hydrogen-bond donors (Lipinski definition) is 0. The van der Waals surface area contributed by atoms with E-state index < -0.39 is 0 Å². The molecule has 3 rings (SSSR count). The Kier molecular flexibility index (Phi) is 2.35. The normalized spacial score (nSPS) is 15.7. The molecule has 75 valence electrons. The lowest BCUT2D eigenvalue weighted by atomic mass is 10.7. The van der Waals surface area contributed by atoms with E-state index in [1.165, 1.54) is 34.8 Å². The molecule has 3 heterocycles. The lowest BCUT2D eigenvalue weighted by molar-refractivity contribution is 0.998. The standard InChI is InChI=1S/C6H3N6S3/c1-4(8-11-14-1)12-3-13-6(9-12)5-7-2-15-10-5/h1-3H. The highest BCUT2D eigenvalue weighted by Crippen LogP contribution is 2.29. The molecule has 9 heteroatoms. The van der Waals surface area contributed by atoms with E-state index in [0.717, 1.165) is 10.9 Å². The van der Waals surface area contributed by atoms with Crippen molar-refractivity contribution in [3.05, 3.63) is 22.6 Å². The van der Waals surface area contributed by atoms with Crippen molar-refractivity contribution in [2.45, 2.75) is 0 Å². The summed E-state index contributed by atoms with van der Waals surface area (Å²) in [7, 11) is 0. The minimum atomic E-state index is 0.659. The first-order valence-corrected chi connectivity index (χ1v) is 6.40. The lowest BCUT2D eigenvalue weighted by Crippen LogP contribution is -2.06. The van der Waals surface area contributed by atoms with Crippen molar-refractivity contribution in [1.82, 2.24) is 18.9 Å². The second-order valence-electron chi connectivity index (χ2n) is 2.49. The van der Waals surface area contributed by atoms with Gasteiger partial charge in [-0.1, -0.05) is 16.3 Å². The van der Waals surface area contributed by atoms with Crippen molar-refractivity contribution in [2.24, 2.45) is 5.10 Å². The zero-order valence-electron chi connectivity index (χ0n) is 7.14. The molecular formula is C6H3N6S3. The molecule has 0 saturated carbocycles. The molecule has 2 aromatic rings. The van der Waals surface area contributed by atoms with E-state index in [1.54, 1.807) is 10.5 Å². The van der Waals surface area contributed by atoms with E-state index in [1.807, 2.05) is 11.3 Å². The van der Waals surface area contributed by atoms with Crippen molar-refractivity contribution in [2.75, 3.05) is 5.01 Å². The minimum absolute atomic E-state index is 0.659. The van der Waals surface area contributed by atoms with Crippen LogP contribution in [0.2, 0.25) is 0 Å². The van der Waals surface area contributed by atoms with Crippen LogP contribution in [-0.2, 0) is 0 Å². The summed E-state index contributed by atoms with van der Waals surface area (Å²) < 4.78 is 7.89. The Morgan fingerprint density at radius 1 is 1.27 bits per heavy atom. The molecule has 0 amide bonds. The molecule has 0 atom stereocenters. The van der Waals surface area contributed by atoms with E-state index in [9.17, 15) is 0 Å². The Bertz CT molecular complexity index is 463. The van der Waals surface area contributed by atoms with Gasteiger partial charge in [-0.2, -0.15) is 9.47 Å². The Morgan fingerprint density at radius 2 is 2.27 bits per heavy atom. The maximum Gasteiger partial charge on any atom is 0.199 e. The fourth-order valence-electron chi connectivity index (χ4n) is 0.972. The van der Waals surface area contributed by atoms with Crippen molar-refractivity contribution in [3.63, 3.8) is 0 Å². The minimum Gasteiger partial charge on any atom is -0.228 e. The Hall–Kier alpha value is -1.06. The molecule has 0 N–H and O–H groups in total.